The van der Waals surface area contributed by atoms with Gasteiger partial charge in [0.1, 0.15) is 0 Å². The number of imidazole rings is 1. The summed E-state index contributed by atoms with van der Waals surface area (Å²) in [5.74, 6) is 0.628. The van der Waals surface area contributed by atoms with Gasteiger partial charge in [-0.1, -0.05) is 13.8 Å². The fraction of sp³-hybridized carbons (Fsp3) is 0.364. The van der Waals surface area contributed by atoms with Crippen LogP contribution in [0.3, 0.4) is 0 Å². The van der Waals surface area contributed by atoms with E-state index in [0.29, 0.717) is 12.0 Å². The Morgan fingerprint density at radius 1 is 1.50 bits per heavy atom. The first-order valence-electron chi connectivity index (χ1n) is 4.88. The number of nitrogens with zero attached hydrogens (tertiary/aromatic N) is 2. The van der Waals surface area contributed by atoms with Crippen LogP contribution in [-0.4, -0.2) is 9.55 Å². The van der Waals surface area contributed by atoms with Crippen molar-refractivity contribution in [2.45, 2.75) is 19.9 Å². The maximum Gasteiger partial charge on any atom is 0.0957 e. The molecule has 3 heterocycles. The van der Waals surface area contributed by atoms with Crippen molar-refractivity contribution in [1.82, 2.24) is 9.55 Å². The first-order valence-corrected chi connectivity index (χ1v) is 5.76. The second-order valence-electron chi connectivity index (χ2n) is 4.07. The predicted octanol–water partition coefficient (Wildman–Crippen LogP) is 3.17. The van der Waals surface area contributed by atoms with Gasteiger partial charge >= 0.3 is 0 Å². The highest BCUT2D eigenvalue weighted by atomic mass is 32.1. The molecule has 3 heteroatoms. The predicted molar refractivity (Wildman–Crippen MR) is 58.5 cm³/mol. The molecule has 0 amide bonds. The highest BCUT2D eigenvalue weighted by molar-refractivity contribution is 7.10. The van der Waals surface area contributed by atoms with Crippen LogP contribution in [0, 0.1) is 5.92 Å². The van der Waals surface area contributed by atoms with Crippen molar-refractivity contribution in [3.63, 3.8) is 0 Å². The SMILES string of the molecule is CC(C)[C@@H]1c2sccc2-c2cncn21. The summed E-state index contributed by atoms with van der Waals surface area (Å²) in [6, 6.07) is 2.71. The van der Waals surface area contributed by atoms with Crippen molar-refractivity contribution >= 4 is 11.3 Å². The summed E-state index contributed by atoms with van der Waals surface area (Å²) in [5.41, 5.74) is 2.66. The molecule has 0 saturated carbocycles. The zero-order valence-electron chi connectivity index (χ0n) is 8.27. The van der Waals surface area contributed by atoms with Crippen molar-refractivity contribution < 1.29 is 0 Å². The van der Waals surface area contributed by atoms with Gasteiger partial charge in [-0.15, -0.1) is 11.3 Å². The lowest BCUT2D eigenvalue weighted by Crippen LogP contribution is -2.10. The molecule has 0 aromatic carbocycles. The first kappa shape index (κ1) is 8.24. The van der Waals surface area contributed by atoms with E-state index in [1.54, 1.807) is 0 Å². The Balaban J connectivity index is 2.27. The van der Waals surface area contributed by atoms with E-state index in [0.717, 1.165) is 0 Å². The van der Waals surface area contributed by atoms with Crippen molar-refractivity contribution in [3.05, 3.63) is 28.8 Å². The van der Waals surface area contributed by atoms with Crippen LogP contribution in [0.15, 0.2) is 24.0 Å². The molecule has 0 fully saturated rings. The van der Waals surface area contributed by atoms with E-state index in [1.165, 1.54) is 16.1 Å². The summed E-state index contributed by atoms with van der Waals surface area (Å²) in [6.45, 7) is 4.53. The maximum absolute atomic E-state index is 4.22. The molecule has 0 unspecified atom stereocenters. The van der Waals surface area contributed by atoms with Crippen molar-refractivity contribution in [2.75, 3.05) is 0 Å². The monoisotopic (exact) mass is 204 g/mol. The fourth-order valence-corrected chi connectivity index (χ4v) is 3.42. The molecule has 3 rings (SSSR count). The van der Waals surface area contributed by atoms with E-state index < -0.39 is 0 Å². The van der Waals surface area contributed by atoms with Gasteiger partial charge in [0.05, 0.1) is 24.3 Å². The lowest BCUT2D eigenvalue weighted by molar-refractivity contribution is 0.459. The number of rotatable bonds is 1. The van der Waals surface area contributed by atoms with Crippen LogP contribution in [0.1, 0.15) is 24.8 Å². The van der Waals surface area contributed by atoms with Crippen LogP contribution in [-0.2, 0) is 0 Å². The van der Waals surface area contributed by atoms with E-state index in [4.69, 9.17) is 0 Å². The average Bonchev–Trinajstić information content (AvgIpc) is 2.70. The minimum Gasteiger partial charge on any atom is -0.322 e. The summed E-state index contributed by atoms with van der Waals surface area (Å²) in [4.78, 5) is 5.72. The molecule has 0 bridgehead atoms. The van der Waals surface area contributed by atoms with Gasteiger partial charge in [-0.25, -0.2) is 4.98 Å². The summed E-state index contributed by atoms with van der Waals surface area (Å²) < 4.78 is 2.30. The summed E-state index contributed by atoms with van der Waals surface area (Å²) in [6.07, 6.45) is 3.92. The molecule has 1 aliphatic heterocycles. The number of hydrogen-bond donors (Lipinski definition) is 0. The fourth-order valence-electron chi connectivity index (χ4n) is 2.25. The summed E-state index contributed by atoms with van der Waals surface area (Å²) in [7, 11) is 0. The molecule has 0 radical (unpaired) electrons. The largest absolute Gasteiger partial charge is 0.322 e. The number of fused-ring (bicyclic) bond motifs is 3. The summed E-state index contributed by atoms with van der Waals surface area (Å²) in [5, 5.41) is 2.18. The lowest BCUT2D eigenvalue weighted by atomic mass is 10.0. The van der Waals surface area contributed by atoms with Gasteiger partial charge in [-0.2, -0.15) is 0 Å². The van der Waals surface area contributed by atoms with E-state index in [2.05, 4.69) is 34.8 Å². The Labute approximate surface area is 87.2 Å². The van der Waals surface area contributed by atoms with Gasteiger partial charge in [-0.3, -0.25) is 0 Å². The van der Waals surface area contributed by atoms with Crippen molar-refractivity contribution in [2.24, 2.45) is 5.92 Å². The van der Waals surface area contributed by atoms with Gasteiger partial charge in [0.25, 0.3) is 0 Å². The maximum atomic E-state index is 4.22. The molecular formula is C11H12N2S. The molecule has 0 saturated heterocycles. The third kappa shape index (κ3) is 0.879. The summed E-state index contributed by atoms with van der Waals surface area (Å²) >= 11 is 1.86. The highest BCUT2D eigenvalue weighted by Gasteiger charge is 2.31. The van der Waals surface area contributed by atoms with E-state index in [-0.39, 0.29) is 0 Å². The van der Waals surface area contributed by atoms with Crippen LogP contribution in [0.2, 0.25) is 0 Å². The quantitative estimate of drug-likeness (QED) is 0.697. The van der Waals surface area contributed by atoms with Crippen LogP contribution in [0.5, 0.6) is 0 Å². The molecule has 0 aliphatic carbocycles. The van der Waals surface area contributed by atoms with Gasteiger partial charge in [0, 0.05) is 10.4 Å². The molecule has 1 atom stereocenters. The Hall–Kier alpha value is -1.09. The normalized spacial score (nSPS) is 18.6. The topological polar surface area (TPSA) is 17.8 Å². The molecule has 14 heavy (non-hydrogen) atoms. The first-order chi connectivity index (χ1) is 6.79. The third-order valence-corrected chi connectivity index (χ3v) is 3.82. The highest BCUT2D eigenvalue weighted by Crippen LogP contribution is 2.45. The second kappa shape index (κ2) is 2.70. The zero-order chi connectivity index (χ0) is 9.71. The van der Waals surface area contributed by atoms with E-state index in [9.17, 15) is 0 Å². The van der Waals surface area contributed by atoms with E-state index >= 15 is 0 Å². The van der Waals surface area contributed by atoms with Crippen molar-refractivity contribution in [3.8, 4) is 11.3 Å². The Bertz CT molecular complexity index is 427. The number of thiophene rings is 1. The molecule has 1 aliphatic rings. The second-order valence-corrected chi connectivity index (χ2v) is 5.02. The molecule has 2 aromatic rings. The standard InChI is InChI=1S/C11H12N2S/c1-7(2)10-11-8(3-4-14-11)9-5-12-6-13(9)10/h3-7,10H,1-2H3/t10-/m1/s1. The molecule has 0 N–H and O–H groups in total. The zero-order valence-corrected chi connectivity index (χ0v) is 9.08. The van der Waals surface area contributed by atoms with Crippen LogP contribution >= 0.6 is 11.3 Å². The molecule has 72 valence electrons. The average molecular weight is 204 g/mol. The lowest BCUT2D eigenvalue weighted by Gasteiger charge is -2.17. The molecular weight excluding hydrogens is 192 g/mol. The minimum absolute atomic E-state index is 0.502. The van der Waals surface area contributed by atoms with Crippen molar-refractivity contribution in [1.29, 1.82) is 0 Å². The Kier molecular flexibility index (Phi) is 1.59. The van der Waals surface area contributed by atoms with E-state index in [1.807, 2.05) is 23.9 Å². The van der Waals surface area contributed by atoms with Crippen LogP contribution < -0.4 is 0 Å². The Morgan fingerprint density at radius 2 is 2.36 bits per heavy atom. The van der Waals surface area contributed by atoms with Gasteiger partial charge in [0.2, 0.25) is 0 Å². The smallest absolute Gasteiger partial charge is 0.0957 e. The van der Waals surface area contributed by atoms with Gasteiger partial charge < -0.3 is 4.57 Å². The number of hydrogen-bond acceptors (Lipinski definition) is 2. The van der Waals surface area contributed by atoms with Gasteiger partial charge in [0.15, 0.2) is 0 Å². The molecule has 0 spiro atoms. The third-order valence-electron chi connectivity index (χ3n) is 2.84. The number of aromatic nitrogens is 2. The van der Waals surface area contributed by atoms with Gasteiger partial charge in [-0.05, 0) is 17.4 Å². The molecule has 2 aromatic heterocycles. The Morgan fingerprint density at radius 3 is 3.14 bits per heavy atom. The van der Waals surface area contributed by atoms with Crippen LogP contribution in [0.4, 0.5) is 0 Å². The minimum atomic E-state index is 0.502. The molecule has 2 nitrogen and oxygen atoms in total. The van der Waals surface area contributed by atoms with Crippen LogP contribution in [0.25, 0.3) is 11.3 Å².